The highest BCUT2D eigenvalue weighted by molar-refractivity contribution is 4.81. The van der Waals surface area contributed by atoms with Crippen molar-refractivity contribution in [3.63, 3.8) is 0 Å². The number of hydrogen-bond donors (Lipinski definition) is 1. The molecule has 0 aliphatic carbocycles. The largest absolute Gasteiger partial charge is 0.379 e. The van der Waals surface area contributed by atoms with Crippen LogP contribution < -0.4 is 5.32 Å². The lowest BCUT2D eigenvalue weighted by Gasteiger charge is -2.37. The predicted octanol–water partition coefficient (Wildman–Crippen LogP) is 1.42. The van der Waals surface area contributed by atoms with Crippen LogP contribution in [0.5, 0.6) is 0 Å². The molecule has 1 N–H and O–H groups in total. The minimum absolute atomic E-state index is 0.668. The molecule has 0 bridgehead atoms. The Kier molecular flexibility index (Phi) is 7.28. The quantitative estimate of drug-likeness (QED) is 0.765. The molecule has 2 atom stereocenters. The summed E-state index contributed by atoms with van der Waals surface area (Å²) >= 11 is 0. The minimum atomic E-state index is 0.668. The van der Waals surface area contributed by atoms with Crippen molar-refractivity contribution in [3.8, 4) is 0 Å². The third kappa shape index (κ3) is 5.32. The van der Waals surface area contributed by atoms with Crippen LogP contribution in [0.15, 0.2) is 0 Å². The Labute approximate surface area is 124 Å². The fraction of sp³-hybridized carbons (Fsp3) is 1.00. The highest BCUT2D eigenvalue weighted by Crippen LogP contribution is 2.19. The van der Waals surface area contributed by atoms with Gasteiger partial charge in [0.1, 0.15) is 0 Å². The molecule has 0 amide bonds. The first kappa shape index (κ1) is 16.2. The summed E-state index contributed by atoms with van der Waals surface area (Å²) in [5, 5.41) is 3.67. The second-order valence-electron chi connectivity index (χ2n) is 6.40. The van der Waals surface area contributed by atoms with Crippen LogP contribution in [0, 0.1) is 5.92 Å². The molecule has 0 radical (unpaired) electrons. The Hall–Kier alpha value is -0.160. The Morgan fingerprint density at radius 3 is 2.65 bits per heavy atom. The summed E-state index contributed by atoms with van der Waals surface area (Å²) in [6, 6.07) is 0.668. The maximum Gasteiger partial charge on any atom is 0.0594 e. The van der Waals surface area contributed by atoms with Gasteiger partial charge in [-0.3, -0.25) is 4.90 Å². The molecular weight excluding hydrogens is 250 g/mol. The molecule has 0 aromatic carbocycles. The van der Waals surface area contributed by atoms with Crippen molar-refractivity contribution >= 4 is 0 Å². The minimum Gasteiger partial charge on any atom is -0.379 e. The second kappa shape index (κ2) is 8.98. The lowest BCUT2D eigenvalue weighted by atomic mass is 9.91. The number of piperidine rings is 1. The average molecular weight is 283 g/mol. The molecule has 0 aromatic rings. The zero-order chi connectivity index (χ0) is 14.2. The second-order valence-corrected chi connectivity index (χ2v) is 6.40. The summed E-state index contributed by atoms with van der Waals surface area (Å²) in [7, 11) is 0. The normalized spacial score (nSPS) is 27.6. The van der Waals surface area contributed by atoms with E-state index in [9.17, 15) is 0 Å². The van der Waals surface area contributed by atoms with Gasteiger partial charge in [0.15, 0.2) is 0 Å². The molecule has 0 saturated carbocycles. The van der Waals surface area contributed by atoms with Crippen molar-refractivity contribution in [3.05, 3.63) is 0 Å². The molecule has 2 fully saturated rings. The molecule has 2 aliphatic heterocycles. The molecule has 2 rings (SSSR count). The zero-order valence-corrected chi connectivity index (χ0v) is 13.4. The van der Waals surface area contributed by atoms with Gasteiger partial charge in [0.2, 0.25) is 0 Å². The molecule has 2 saturated heterocycles. The van der Waals surface area contributed by atoms with Gasteiger partial charge in [-0.25, -0.2) is 0 Å². The lowest BCUT2D eigenvalue weighted by molar-refractivity contribution is 0.0301. The van der Waals surface area contributed by atoms with E-state index in [4.69, 9.17) is 4.74 Å². The van der Waals surface area contributed by atoms with Gasteiger partial charge in [-0.15, -0.1) is 0 Å². The standard InChI is InChI=1S/C16H33N3O/c1-3-6-17-15(2)16-5-4-7-19(14-16)9-8-18-10-12-20-13-11-18/h15-17H,3-14H2,1-2H3. The molecule has 0 aromatic heterocycles. The molecule has 4 heteroatoms. The maximum absolute atomic E-state index is 5.41. The highest BCUT2D eigenvalue weighted by Gasteiger charge is 2.24. The molecule has 2 aliphatic rings. The Balaban J connectivity index is 1.67. The van der Waals surface area contributed by atoms with Crippen molar-refractivity contribution in [1.29, 1.82) is 0 Å². The third-order valence-corrected chi connectivity index (χ3v) is 4.80. The van der Waals surface area contributed by atoms with Crippen LogP contribution in [0.3, 0.4) is 0 Å². The van der Waals surface area contributed by atoms with E-state index in [1.165, 1.54) is 45.4 Å². The van der Waals surface area contributed by atoms with Crippen molar-refractivity contribution in [2.75, 3.05) is 59.0 Å². The van der Waals surface area contributed by atoms with Gasteiger partial charge < -0.3 is 15.0 Å². The van der Waals surface area contributed by atoms with E-state index in [1.54, 1.807) is 0 Å². The van der Waals surface area contributed by atoms with Crippen LogP contribution >= 0.6 is 0 Å². The Bertz CT molecular complexity index is 256. The fourth-order valence-corrected chi connectivity index (χ4v) is 3.35. The number of nitrogens with one attached hydrogen (secondary N) is 1. The first-order chi connectivity index (χ1) is 9.79. The molecule has 20 heavy (non-hydrogen) atoms. The molecule has 4 nitrogen and oxygen atoms in total. The van der Waals surface area contributed by atoms with E-state index in [1.807, 2.05) is 0 Å². The number of rotatable bonds is 7. The van der Waals surface area contributed by atoms with Crippen LogP contribution in [-0.4, -0.2) is 74.9 Å². The summed E-state index contributed by atoms with van der Waals surface area (Å²) in [6.07, 6.45) is 4.00. The van der Waals surface area contributed by atoms with Crippen molar-refractivity contribution < 1.29 is 4.74 Å². The number of likely N-dealkylation sites (tertiary alicyclic amines) is 1. The summed E-state index contributed by atoms with van der Waals surface area (Å²) in [4.78, 5) is 5.22. The monoisotopic (exact) mass is 283 g/mol. The van der Waals surface area contributed by atoms with Crippen molar-refractivity contribution in [2.24, 2.45) is 5.92 Å². The topological polar surface area (TPSA) is 27.7 Å². The van der Waals surface area contributed by atoms with E-state index >= 15 is 0 Å². The number of ether oxygens (including phenoxy) is 1. The van der Waals surface area contributed by atoms with Gasteiger partial charge in [0.25, 0.3) is 0 Å². The molecular formula is C16H33N3O. The van der Waals surface area contributed by atoms with E-state index in [0.29, 0.717) is 6.04 Å². The van der Waals surface area contributed by atoms with Crippen molar-refractivity contribution in [2.45, 2.75) is 39.2 Å². The Morgan fingerprint density at radius 2 is 1.90 bits per heavy atom. The van der Waals surface area contributed by atoms with E-state index in [2.05, 4.69) is 29.0 Å². The predicted molar refractivity (Wildman–Crippen MR) is 84.2 cm³/mol. The molecule has 0 spiro atoms. The van der Waals surface area contributed by atoms with Crippen LogP contribution in [0.25, 0.3) is 0 Å². The fourth-order valence-electron chi connectivity index (χ4n) is 3.35. The van der Waals surface area contributed by atoms with Gasteiger partial charge in [-0.05, 0) is 45.2 Å². The Morgan fingerprint density at radius 1 is 1.15 bits per heavy atom. The van der Waals surface area contributed by atoms with Gasteiger partial charge in [0.05, 0.1) is 13.2 Å². The summed E-state index contributed by atoms with van der Waals surface area (Å²) < 4.78 is 5.41. The van der Waals surface area contributed by atoms with Gasteiger partial charge in [-0.1, -0.05) is 6.92 Å². The lowest BCUT2D eigenvalue weighted by Crippen LogP contribution is -2.47. The van der Waals surface area contributed by atoms with E-state index in [-0.39, 0.29) is 0 Å². The highest BCUT2D eigenvalue weighted by atomic mass is 16.5. The first-order valence-electron chi connectivity index (χ1n) is 8.55. The van der Waals surface area contributed by atoms with Crippen LogP contribution in [0.4, 0.5) is 0 Å². The van der Waals surface area contributed by atoms with Crippen LogP contribution in [0.2, 0.25) is 0 Å². The number of nitrogens with zero attached hydrogens (tertiary/aromatic N) is 2. The van der Waals surface area contributed by atoms with Gasteiger partial charge >= 0.3 is 0 Å². The molecule has 2 heterocycles. The van der Waals surface area contributed by atoms with E-state index < -0.39 is 0 Å². The average Bonchev–Trinajstić information content (AvgIpc) is 2.52. The van der Waals surface area contributed by atoms with Gasteiger partial charge in [-0.2, -0.15) is 0 Å². The van der Waals surface area contributed by atoms with Crippen LogP contribution in [-0.2, 0) is 4.74 Å². The maximum atomic E-state index is 5.41. The van der Waals surface area contributed by atoms with E-state index in [0.717, 1.165) is 38.8 Å². The van der Waals surface area contributed by atoms with Gasteiger partial charge in [0, 0.05) is 38.8 Å². The number of morpholine rings is 1. The SMILES string of the molecule is CCCNC(C)C1CCCN(CCN2CCOCC2)C1. The third-order valence-electron chi connectivity index (χ3n) is 4.80. The molecule has 118 valence electrons. The smallest absolute Gasteiger partial charge is 0.0594 e. The summed E-state index contributed by atoms with van der Waals surface area (Å²) in [6.45, 7) is 14.9. The first-order valence-corrected chi connectivity index (χ1v) is 8.55. The number of hydrogen-bond acceptors (Lipinski definition) is 4. The summed E-state index contributed by atoms with van der Waals surface area (Å²) in [5.41, 5.74) is 0. The molecule has 2 unspecified atom stereocenters. The van der Waals surface area contributed by atoms with Crippen LogP contribution in [0.1, 0.15) is 33.1 Å². The zero-order valence-electron chi connectivity index (χ0n) is 13.4. The van der Waals surface area contributed by atoms with Crippen molar-refractivity contribution in [1.82, 2.24) is 15.1 Å². The summed E-state index contributed by atoms with van der Waals surface area (Å²) in [5.74, 6) is 0.833.